The Balaban J connectivity index is 2.88. The molecule has 17 heavy (non-hydrogen) atoms. The van der Waals surface area contributed by atoms with E-state index < -0.39 is 0 Å². The largest absolute Gasteiger partial charge is 0.308 e. The maximum Gasteiger partial charge on any atom is 0.110 e. The van der Waals surface area contributed by atoms with Gasteiger partial charge in [-0.25, -0.2) is 4.98 Å². The normalized spacial score (nSPS) is 14.3. The summed E-state index contributed by atoms with van der Waals surface area (Å²) >= 11 is 1.79. The van der Waals surface area contributed by atoms with Gasteiger partial charge in [-0.15, -0.1) is 11.3 Å². The van der Waals surface area contributed by atoms with Crippen LogP contribution in [-0.4, -0.2) is 11.5 Å². The molecule has 1 aromatic heterocycles. The number of hydrogen-bond acceptors (Lipinski definition) is 3. The molecule has 0 amide bonds. The second-order valence-electron chi connectivity index (χ2n) is 6.02. The van der Waals surface area contributed by atoms with Crippen molar-refractivity contribution in [3.8, 4) is 0 Å². The lowest BCUT2D eigenvalue weighted by molar-refractivity contribution is 0.272. The van der Waals surface area contributed by atoms with Crippen LogP contribution < -0.4 is 5.32 Å². The number of rotatable bonds is 5. The molecule has 0 radical (unpaired) electrons. The van der Waals surface area contributed by atoms with E-state index >= 15 is 0 Å². The molecule has 98 valence electrons. The molecule has 3 heteroatoms. The third-order valence-corrected chi connectivity index (χ3v) is 3.77. The average Bonchev–Trinajstić information content (AvgIpc) is 2.65. The first-order valence-corrected chi connectivity index (χ1v) is 7.43. The second-order valence-corrected chi connectivity index (χ2v) is 6.91. The molecule has 0 aliphatic rings. The number of thiazole rings is 1. The van der Waals surface area contributed by atoms with E-state index in [-0.39, 0.29) is 5.41 Å². The van der Waals surface area contributed by atoms with Crippen LogP contribution in [0.3, 0.4) is 0 Å². The summed E-state index contributed by atoms with van der Waals surface area (Å²) in [7, 11) is 0. The molecule has 1 atom stereocenters. The molecule has 0 aromatic carbocycles. The second kappa shape index (κ2) is 5.96. The van der Waals surface area contributed by atoms with Crippen LogP contribution in [0.1, 0.15) is 70.6 Å². The SMILES string of the molecule is CCCNC(c1nc(C(C)C)cs1)C(C)(C)C. The Hall–Kier alpha value is -0.410. The van der Waals surface area contributed by atoms with E-state index in [4.69, 9.17) is 4.98 Å². The summed E-state index contributed by atoms with van der Waals surface area (Å²) in [6, 6.07) is 0.361. The summed E-state index contributed by atoms with van der Waals surface area (Å²) in [5.74, 6) is 0.520. The topological polar surface area (TPSA) is 24.9 Å². The van der Waals surface area contributed by atoms with Crippen molar-refractivity contribution in [3.05, 3.63) is 16.1 Å². The third kappa shape index (κ3) is 4.07. The van der Waals surface area contributed by atoms with Gasteiger partial charge < -0.3 is 5.32 Å². The number of nitrogens with one attached hydrogen (secondary N) is 1. The first-order chi connectivity index (χ1) is 7.86. The van der Waals surface area contributed by atoms with Gasteiger partial charge in [-0.2, -0.15) is 0 Å². The highest BCUT2D eigenvalue weighted by Gasteiger charge is 2.28. The van der Waals surface area contributed by atoms with Gasteiger partial charge in [0, 0.05) is 5.38 Å². The molecule has 0 saturated carbocycles. The zero-order chi connectivity index (χ0) is 13.1. The molecule has 1 unspecified atom stereocenters. The molecule has 0 aliphatic carbocycles. The minimum atomic E-state index is 0.210. The highest BCUT2D eigenvalue weighted by atomic mass is 32.1. The lowest BCUT2D eigenvalue weighted by Crippen LogP contribution is -2.32. The summed E-state index contributed by atoms with van der Waals surface area (Å²) in [6.07, 6.45) is 1.16. The van der Waals surface area contributed by atoms with Crippen molar-refractivity contribution in [2.75, 3.05) is 6.54 Å². The standard InChI is InChI=1S/C14H26N2S/c1-7-8-15-12(14(4,5)6)13-16-11(9-17-13)10(2)3/h9-10,12,15H,7-8H2,1-6H3. The van der Waals surface area contributed by atoms with Gasteiger partial charge in [-0.1, -0.05) is 41.5 Å². The fourth-order valence-corrected chi connectivity index (χ4v) is 3.05. The molecule has 2 nitrogen and oxygen atoms in total. The maximum atomic E-state index is 4.79. The summed E-state index contributed by atoms with van der Waals surface area (Å²) in [6.45, 7) is 14.5. The van der Waals surface area contributed by atoms with Crippen molar-refractivity contribution in [1.29, 1.82) is 0 Å². The molecule has 0 saturated heterocycles. The Morgan fingerprint density at radius 2 is 2.00 bits per heavy atom. The Morgan fingerprint density at radius 3 is 2.41 bits per heavy atom. The lowest BCUT2D eigenvalue weighted by Gasteiger charge is -2.30. The van der Waals surface area contributed by atoms with Crippen LogP contribution in [0.5, 0.6) is 0 Å². The van der Waals surface area contributed by atoms with Crippen molar-refractivity contribution in [2.24, 2.45) is 5.41 Å². The first kappa shape index (κ1) is 14.7. The van der Waals surface area contributed by atoms with Gasteiger partial charge >= 0.3 is 0 Å². The van der Waals surface area contributed by atoms with Gasteiger partial charge in [0.25, 0.3) is 0 Å². The summed E-state index contributed by atoms with van der Waals surface area (Å²) in [5.41, 5.74) is 1.43. The van der Waals surface area contributed by atoms with Gasteiger partial charge in [0.1, 0.15) is 5.01 Å². The van der Waals surface area contributed by atoms with Crippen LogP contribution in [0.4, 0.5) is 0 Å². The van der Waals surface area contributed by atoms with Crippen LogP contribution >= 0.6 is 11.3 Å². The number of aromatic nitrogens is 1. The summed E-state index contributed by atoms with van der Waals surface area (Å²) in [4.78, 5) is 4.79. The predicted molar refractivity (Wildman–Crippen MR) is 76.7 cm³/mol. The fourth-order valence-electron chi connectivity index (χ4n) is 1.75. The molecule has 1 rings (SSSR count). The quantitative estimate of drug-likeness (QED) is 0.845. The highest BCUT2D eigenvalue weighted by Crippen LogP contribution is 2.35. The summed E-state index contributed by atoms with van der Waals surface area (Å²) < 4.78 is 0. The zero-order valence-electron chi connectivity index (χ0n) is 12.0. The Kier molecular flexibility index (Phi) is 5.14. The van der Waals surface area contributed by atoms with E-state index in [0.29, 0.717) is 12.0 Å². The van der Waals surface area contributed by atoms with E-state index in [0.717, 1.165) is 13.0 Å². The fraction of sp³-hybridized carbons (Fsp3) is 0.786. The van der Waals surface area contributed by atoms with Crippen molar-refractivity contribution >= 4 is 11.3 Å². The van der Waals surface area contributed by atoms with Crippen molar-refractivity contribution in [3.63, 3.8) is 0 Å². The molecule has 0 fully saturated rings. The smallest absolute Gasteiger partial charge is 0.110 e. The number of hydrogen-bond donors (Lipinski definition) is 1. The highest BCUT2D eigenvalue weighted by molar-refractivity contribution is 7.09. The number of nitrogens with zero attached hydrogens (tertiary/aromatic N) is 1. The van der Waals surface area contributed by atoms with Crippen molar-refractivity contribution in [2.45, 2.75) is 59.9 Å². The van der Waals surface area contributed by atoms with Gasteiger partial charge in [-0.3, -0.25) is 0 Å². The van der Waals surface area contributed by atoms with Gasteiger partial charge in [-0.05, 0) is 24.3 Å². The molecule has 0 spiro atoms. The molecule has 1 heterocycles. The molecular formula is C14H26N2S. The predicted octanol–water partition coefficient (Wildman–Crippen LogP) is 4.35. The summed E-state index contributed by atoms with van der Waals surface area (Å²) in [5, 5.41) is 7.06. The van der Waals surface area contributed by atoms with Crippen LogP contribution in [0.2, 0.25) is 0 Å². The average molecular weight is 254 g/mol. The van der Waals surface area contributed by atoms with Crippen LogP contribution in [-0.2, 0) is 0 Å². The Labute approximate surface area is 110 Å². The van der Waals surface area contributed by atoms with Crippen LogP contribution in [0.15, 0.2) is 5.38 Å². The van der Waals surface area contributed by atoms with Gasteiger partial charge in [0.15, 0.2) is 0 Å². The van der Waals surface area contributed by atoms with Crippen LogP contribution in [0.25, 0.3) is 0 Å². The van der Waals surface area contributed by atoms with E-state index in [1.54, 1.807) is 11.3 Å². The van der Waals surface area contributed by atoms with Crippen molar-refractivity contribution < 1.29 is 0 Å². The van der Waals surface area contributed by atoms with Gasteiger partial charge in [0.2, 0.25) is 0 Å². The third-order valence-electron chi connectivity index (χ3n) is 2.84. The van der Waals surface area contributed by atoms with E-state index in [1.165, 1.54) is 10.7 Å². The maximum absolute atomic E-state index is 4.79. The minimum absolute atomic E-state index is 0.210. The Bertz CT molecular complexity index is 336. The van der Waals surface area contributed by atoms with E-state index in [1.807, 2.05) is 0 Å². The van der Waals surface area contributed by atoms with E-state index in [2.05, 4.69) is 52.2 Å². The minimum Gasteiger partial charge on any atom is -0.308 e. The lowest BCUT2D eigenvalue weighted by atomic mass is 9.87. The van der Waals surface area contributed by atoms with E-state index in [9.17, 15) is 0 Å². The molecule has 0 bridgehead atoms. The molecule has 1 aromatic rings. The monoisotopic (exact) mass is 254 g/mol. The first-order valence-electron chi connectivity index (χ1n) is 6.55. The molecule has 1 N–H and O–H groups in total. The Morgan fingerprint density at radius 1 is 1.35 bits per heavy atom. The van der Waals surface area contributed by atoms with Gasteiger partial charge in [0.05, 0.1) is 11.7 Å². The molecular weight excluding hydrogens is 228 g/mol. The van der Waals surface area contributed by atoms with Crippen LogP contribution in [0, 0.1) is 5.41 Å². The molecule has 0 aliphatic heterocycles. The van der Waals surface area contributed by atoms with Crippen molar-refractivity contribution in [1.82, 2.24) is 10.3 Å². The zero-order valence-corrected chi connectivity index (χ0v) is 12.8.